The first kappa shape index (κ1) is 16.2. The van der Waals surface area contributed by atoms with Crippen LogP contribution in [0, 0.1) is 0 Å². The summed E-state index contributed by atoms with van der Waals surface area (Å²) in [5, 5.41) is 6.88. The zero-order chi connectivity index (χ0) is 16.2. The SMILES string of the molecule is CCS(=O)(=O)c1ccccc1C(=O)NC(C)Cn1cccn1. The number of hydrogen-bond acceptors (Lipinski definition) is 4. The Labute approximate surface area is 130 Å². The molecule has 2 rings (SSSR count). The van der Waals surface area contributed by atoms with Crippen molar-refractivity contribution in [2.45, 2.75) is 31.3 Å². The van der Waals surface area contributed by atoms with Crippen LogP contribution in [0.2, 0.25) is 0 Å². The summed E-state index contributed by atoms with van der Waals surface area (Å²) in [6.45, 7) is 3.92. The van der Waals surface area contributed by atoms with Crippen molar-refractivity contribution in [1.82, 2.24) is 15.1 Å². The molecule has 22 heavy (non-hydrogen) atoms. The first-order chi connectivity index (χ1) is 10.4. The van der Waals surface area contributed by atoms with Gasteiger partial charge in [0, 0.05) is 18.4 Å². The normalized spacial score (nSPS) is 12.8. The topological polar surface area (TPSA) is 81.1 Å². The number of nitrogens with one attached hydrogen (secondary N) is 1. The highest BCUT2D eigenvalue weighted by Crippen LogP contribution is 2.17. The van der Waals surface area contributed by atoms with Crippen molar-refractivity contribution in [1.29, 1.82) is 0 Å². The maximum absolute atomic E-state index is 12.4. The van der Waals surface area contributed by atoms with Gasteiger partial charge in [0.25, 0.3) is 5.91 Å². The third-order valence-electron chi connectivity index (χ3n) is 3.24. The summed E-state index contributed by atoms with van der Waals surface area (Å²) in [5.74, 6) is -0.438. The fourth-order valence-corrected chi connectivity index (χ4v) is 3.21. The molecule has 0 spiro atoms. The number of rotatable bonds is 6. The van der Waals surface area contributed by atoms with Gasteiger partial charge in [-0.15, -0.1) is 0 Å². The lowest BCUT2D eigenvalue weighted by molar-refractivity contribution is 0.0932. The van der Waals surface area contributed by atoms with E-state index in [0.29, 0.717) is 6.54 Å². The molecule has 1 aromatic heterocycles. The highest BCUT2D eigenvalue weighted by molar-refractivity contribution is 7.91. The Morgan fingerprint density at radius 1 is 1.32 bits per heavy atom. The summed E-state index contributed by atoms with van der Waals surface area (Å²) in [7, 11) is -3.44. The molecular formula is C15H19N3O3S. The molecule has 1 aromatic carbocycles. The Balaban J connectivity index is 2.16. The monoisotopic (exact) mass is 321 g/mol. The summed E-state index contributed by atoms with van der Waals surface area (Å²) in [5.41, 5.74) is 0.177. The van der Waals surface area contributed by atoms with Crippen LogP contribution in [0.3, 0.4) is 0 Å². The van der Waals surface area contributed by atoms with E-state index in [9.17, 15) is 13.2 Å². The van der Waals surface area contributed by atoms with Crippen LogP contribution in [0.5, 0.6) is 0 Å². The highest BCUT2D eigenvalue weighted by atomic mass is 32.2. The second-order valence-corrected chi connectivity index (χ2v) is 7.25. The smallest absolute Gasteiger partial charge is 0.252 e. The standard InChI is InChI=1S/C15H19N3O3S/c1-3-22(20,21)14-8-5-4-7-13(14)15(19)17-12(2)11-18-10-6-9-16-18/h4-10,12H,3,11H2,1-2H3,(H,17,19). The minimum Gasteiger partial charge on any atom is -0.348 e. The van der Waals surface area contributed by atoms with E-state index >= 15 is 0 Å². The second kappa shape index (κ2) is 6.74. The predicted octanol–water partition coefficient (Wildman–Crippen LogP) is 1.50. The van der Waals surface area contributed by atoms with Gasteiger partial charge in [0.05, 0.1) is 22.8 Å². The van der Waals surface area contributed by atoms with E-state index in [1.165, 1.54) is 12.1 Å². The lowest BCUT2D eigenvalue weighted by Crippen LogP contribution is -2.36. The van der Waals surface area contributed by atoms with Gasteiger partial charge in [-0.25, -0.2) is 8.42 Å². The molecular weight excluding hydrogens is 302 g/mol. The molecule has 2 aromatic rings. The fourth-order valence-electron chi connectivity index (χ4n) is 2.12. The van der Waals surface area contributed by atoms with Crippen LogP contribution >= 0.6 is 0 Å². The highest BCUT2D eigenvalue weighted by Gasteiger charge is 2.21. The summed E-state index contributed by atoms with van der Waals surface area (Å²) in [4.78, 5) is 12.4. The molecule has 0 saturated carbocycles. The van der Waals surface area contributed by atoms with Crippen molar-refractivity contribution in [3.8, 4) is 0 Å². The minimum absolute atomic E-state index is 0.0415. The number of sulfone groups is 1. The number of nitrogens with zero attached hydrogens (tertiary/aromatic N) is 2. The van der Waals surface area contributed by atoms with Gasteiger partial charge in [-0.05, 0) is 25.1 Å². The molecule has 0 aliphatic carbocycles. The molecule has 118 valence electrons. The first-order valence-corrected chi connectivity index (χ1v) is 8.69. The zero-order valence-electron chi connectivity index (χ0n) is 12.6. The number of hydrogen-bond donors (Lipinski definition) is 1. The van der Waals surface area contributed by atoms with Crippen molar-refractivity contribution in [3.63, 3.8) is 0 Å². The Morgan fingerprint density at radius 2 is 2.05 bits per heavy atom. The van der Waals surface area contributed by atoms with Crippen LogP contribution in [0.25, 0.3) is 0 Å². The molecule has 6 nitrogen and oxygen atoms in total. The maximum Gasteiger partial charge on any atom is 0.252 e. The van der Waals surface area contributed by atoms with E-state index in [-0.39, 0.29) is 22.3 Å². The average molecular weight is 321 g/mol. The Morgan fingerprint density at radius 3 is 2.68 bits per heavy atom. The van der Waals surface area contributed by atoms with Gasteiger partial charge in [0.1, 0.15) is 0 Å². The molecule has 0 aliphatic heterocycles. The molecule has 1 amide bonds. The number of benzene rings is 1. The first-order valence-electron chi connectivity index (χ1n) is 7.04. The average Bonchev–Trinajstić information content (AvgIpc) is 3.00. The number of amides is 1. The molecule has 0 fully saturated rings. The molecule has 0 bridgehead atoms. The van der Waals surface area contributed by atoms with E-state index in [0.717, 1.165) is 0 Å². The van der Waals surface area contributed by atoms with Crippen molar-refractivity contribution >= 4 is 15.7 Å². The van der Waals surface area contributed by atoms with Crippen molar-refractivity contribution in [2.24, 2.45) is 0 Å². The van der Waals surface area contributed by atoms with Gasteiger partial charge in [-0.2, -0.15) is 5.10 Å². The van der Waals surface area contributed by atoms with Crippen LogP contribution in [-0.2, 0) is 16.4 Å². The Kier molecular flexibility index (Phi) is 4.97. The van der Waals surface area contributed by atoms with Gasteiger partial charge in [0.15, 0.2) is 9.84 Å². The van der Waals surface area contributed by atoms with Crippen molar-refractivity contribution in [2.75, 3.05) is 5.75 Å². The maximum atomic E-state index is 12.4. The van der Waals surface area contributed by atoms with E-state index in [1.807, 2.05) is 6.92 Å². The van der Waals surface area contributed by atoms with Gasteiger partial charge < -0.3 is 5.32 Å². The molecule has 1 N–H and O–H groups in total. The van der Waals surface area contributed by atoms with Gasteiger partial charge in [-0.3, -0.25) is 9.48 Å². The third-order valence-corrected chi connectivity index (χ3v) is 5.03. The van der Waals surface area contributed by atoms with Crippen LogP contribution in [0.4, 0.5) is 0 Å². The van der Waals surface area contributed by atoms with Crippen LogP contribution in [0.1, 0.15) is 24.2 Å². The molecule has 1 atom stereocenters. The quantitative estimate of drug-likeness (QED) is 0.874. The lowest BCUT2D eigenvalue weighted by atomic mass is 10.2. The van der Waals surface area contributed by atoms with Crippen molar-refractivity contribution < 1.29 is 13.2 Å². The number of carbonyl (C=O) groups excluding carboxylic acids is 1. The van der Waals surface area contributed by atoms with Crippen LogP contribution in [0.15, 0.2) is 47.6 Å². The van der Waals surface area contributed by atoms with Gasteiger partial charge in [0.2, 0.25) is 0 Å². The number of carbonyl (C=O) groups is 1. The summed E-state index contributed by atoms with van der Waals surface area (Å²) in [6.07, 6.45) is 3.47. The van der Waals surface area contributed by atoms with Crippen LogP contribution in [-0.4, -0.2) is 35.9 Å². The van der Waals surface area contributed by atoms with Gasteiger partial charge in [-0.1, -0.05) is 19.1 Å². The second-order valence-electron chi connectivity index (χ2n) is 5.00. The Hall–Kier alpha value is -2.15. The van der Waals surface area contributed by atoms with E-state index < -0.39 is 15.7 Å². The third kappa shape index (κ3) is 3.73. The molecule has 0 saturated heterocycles. The fraction of sp³-hybridized carbons (Fsp3) is 0.333. The number of aromatic nitrogens is 2. The Bertz CT molecular complexity index is 739. The molecule has 0 aliphatic rings. The van der Waals surface area contributed by atoms with Gasteiger partial charge >= 0.3 is 0 Å². The summed E-state index contributed by atoms with van der Waals surface area (Å²) >= 11 is 0. The molecule has 0 radical (unpaired) electrons. The van der Waals surface area contributed by atoms with E-state index in [2.05, 4.69) is 10.4 Å². The lowest BCUT2D eigenvalue weighted by Gasteiger charge is -2.15. The molecule has 1 heterocycles. The molecule has 7 heteroatoms. The minimum atomic E-state index is -3.44. The predicted molar refractivity (Wildman–Crippen MR) is 83.3 cm³/mol. The van der Waals surface area contributed by atoms with E-state index in [4.69, 9.17) is 0 Å². The van der Waals surface area contributed by atoms with E-state index in [1.54, 1.807) is 42.2 Å². The summed E-state index contributed by atoms with van der Waals surface area (Å²) < 4.78 is 25.9. The zero-order valence-corrected chi connectivity index (χ0v) is 13.4. The van der Waals surface area contributed by atoms with Crippen molar-refractivity contribution in [3.05, 3.63) is 48.3 Å². The largest absolute Gasteiger partial charge is 0.348 e. The van der Waals surface area contributed by atoms with Crippen LogP contribution < -0.4 is 5.32 Å². The summed E-state index contributed by atoms with van der Waals surface area (Å²) in [6, 6.07) is 7.89. The molecule has 1 unspecified atom stereocenters.